The van der Waals surface area contributed by atoms with Crippen LogP contribution in [-0.2, 0) is 23.1 Å². The number of carboxylic acid groups (broad SMARTS) is 1. The predicted molar refractivity (Wildman–Crippen MR) is 138 cm³/mol. The van der Waals surface area contributed by atoms with Crippen molar-refractivity contribution < 1.29 is 42.9 Å². The maximum atomic E-state index is 12.4. The standard InChI is InChI=1S/C26H25N2O10P/c1-16(17-8-6-7-13-24(17)28(32)33)38-39(34,35)37-15-23(25(29)30)27-26(31)36-14-22-20-11-4-2-9-18(20)19-10-3-5-12-21(19)22/h2-13,16,22-23H,14-15H2,1H3,(H,27,31)(H,29,30)(H,34,35). The predicted octanol–water partition coefficient (Wildman–Crippen LogP) is 4.78. The number of hydrogen-bond acceptors (Lipinski definition) is 8. The summed E-state index contributed by atoms with van der Waals surface area (Å²) >= 11 is 0. The minimum absolute atomic E-state index is 0.0203. The number of carbonyl (C=O) groups is 2. The number of nitro groups is 1. The van der Waals surface area contributed by atoms with Crippen LogP contribution in [0, 0.1) is 10.1 Å². The van der Waals surface area contributed by atoms with Crippen LogP contribution in [0.1, 0.15) is 35.6 Å². The Kier molecular flexibility index (Phi) is 8.41. The number of phosphoric ester groups is 1. The van der Waals surface area contributed by atoms with E-state index >= 15 is 0 Å². The van der Waals surface area contributed by atoms with E-state index < -0.39 is 43.6 Å². The number of alkyl carbamates (subject to hydrolysis) is 1. The molecule has 0 fully saturated rings. The number of benzene rings is 3. The van der Waals surface area contributed by atoms with Crippen molar-refractivity contribution in [1.29, 1.82) is 0 Å². The topological polar surface area (TPSA) is 175 Å². The molecule has 0 saturated carbocycles. The summed E-state index contributed by atoms with van der Waals surface area (Å²) in [5, 5.41) is 22.8. The van der Waals surface area contributed by atoms with Crippen LogP contribution in [-0.4, -0.2) is 46.2 Å². The van der Waals surface area contributed by atoms with Gasteiger partial charge in [-0.3, -0.25) is 19.2 Å². The fourth-order valence-electron chi connectivity index (χ4n) is 4.41. The van der Waals surface area contributed by atoms with Crippen LogP contribution in [0.4, 0.5) is 10.5 Å². The van der Waals surface area contributed by atoms with E-state index in [9.17, 15) is 34.3 Å². The number of ether oxygens (including phenoxy) is 1. The highest BCUT2D eigenvalue weighted by Crippen LogP contribution is 2.49. The second-order valence-corrected chi connectivity index (χ2v) is 10.1. The van der Waals surface area contributed by atoms with Crippen molar-refractivity contribution >= 4 is 25.6 Å². The Morgan fingerprint density at radius 3 is 2.18 bits per heavy atom. The van der Waals surface area contributed by atoms with E-state index in [0.717, 1.165) is 22.3 Å². The lowest BCUT2D eigenvalue weighted by Crippen LogP contribution is -2.44. The average Bonchev–Trinajstić information content (AvgIpc) is 3.23. The van der Waals surface area contributed by atoms with Gasteiger partial charge < -0.3 is 20.1 Å². The molecule has 0 aliphatic heterocycles. The van der Waals surface area contributed by atoms with Crippen LogP contribution in [0.3, 0.4) is 0 Å². The zero-order valence-corrected chi connectivity index (χ0v) is 21.5. The summed E-state index contributed by atoms with van der Waals surface area (Å²) in [5.41, 5.74) is 3.67. The summed E-state index contributed by atoms with van der Waals surface area (Å²) in [6, 6.07) is 19.1. The molecule has 3 unspecified atom stereocenters. The van der Waals surface area contributed by atoms with Gasteiger partial charge in [-0.2, -0.15) is 0 Å². The molecule has 204 valence electrons. The third kappa shape index (κ3) is 6.50. The monoisotopic (exact) mass is 556 g/mol. The van der Waals surface area contributed by atoms with Crippen LogP contribution in [0.25, 0.3) is 11.1 Å². The van der Waals surface area contributed by atoms with Crippen molar-refractivity contribution in [2.45, 2.75) is 25.0 Å². The first-order valence-corrected chi connectivity index (χ1v) is 13.3. The summed E-state index contributed by atoms with van der Waals surface area (Å²) in [6.45, 7) is 0.303. The first-order valence-electron chi connectivity index (χ1n) is 11.8. The molecule has 0 saturated heterocycles. The molecule has 13 heteroatoms. The highest BCUT2D eigenvalue weighted by atomic mass is 31.2. The van der Waals surface area contributed by atoms with Crippen molar-refractivity contribution in [2.75, 3.05) is 13.2 Å². The van der Waals surface area contributed by atoms with Gasteiger partial charge in [0.05, 0.1) is 23.2 Å². The number of nitrogens with one attached hydrogen (secondary N) is 1. The fourth-order valence-corrected chi connectivity index (χ4v) is 5.32. The third-order valence-corrected chi connectivity index (χ3v) is 7.26. The van der Waals surface area contributed by atoms with Crippen molar-refractivity contribution in [3.63, 3.8) is 0 Å². The number of carbonyl (C=O) groups excluding carboxylic acids is 1. The minimum Gasteiger partial charge on any atom is -0.480 e. The highest BCUT2D eigenvalue weighted by Gasteiger charge is 2.33. The molecule has 0 radical (unpaired) electrons. The SMILES string of the molecule is CC(OP(=O)(O)OCC(NC(=O)OCC1c2ccccc2-c2ccccc21)C(=O)O)c1ccccc1[N+](=O)[O-]. The van der Waals surface area contributed by atoms with Crippen LogP contribution in [0.5, 0.6) is 0 Å². The van der Waals surface area contributed by atoms with Gasteiger partial charge >= 0.3 is 19.9 Å². The lowest BCUT2D eigenvalue weighted by molar-refractivity contribution is -0.386. The molecule has 3 N–H and O–H groups in total. The van der Waals surface area contributed by atoms with Crippen LogP contribution < -0.4 is 5.32 Å². The number of rotatable bonds is 11. The van der Waals surface area contributed by atoms with Crippen LogP contribution in [0.2, 0.25) is 0 Å². The van der Waals surface area contributed by atoms with Crippen molar-refractivity contribution in [1.82, 2.24) is 5.32 Å². The van der Waals surface area contributed by atoms with Gasteiger partial charge in [0.2, 0.25) is 0 Å². The molecule has 12 nitrogen and oxygen atoms in total. The molecule has 3 aromatic rings. The van der Waals surface area contributed by atoms with E-state index in [1.165, 1.54) is 31.2 Å². The third-order valence-electron chi connectivity index (χ3n) is 6.20. The lowest BCUT2D eigenvalue weighted by Gasteiger charge is -2.20. The zero-order valence-electron chi connectivity index (χ0n) is 20.6. The van der Waals surface area contributed by atoms with Gasteiger partial charge in [0.1, 0.15) is 6.61 Å². The van der Waals surface area contributed by atoms with Gasteiger partial charge in [0.25, 0.3) is 5.69 Å². The molecule has 0 heterocycles. The number of fused-ring (bicyclic) bond motifs is 3. The highest BCUT2D eigenvalue weighted by molar-refractivity contribution is 7.47. The summed E-state index contributed by atoms with van der Waals surface area (Å²) in [5.74, 6) is -1.80. The minimum atomic E-state index is -4.88. The molecular weight excluding hydrogens is 531 g/mol. The molecule has 0 aromatic heterocycles. The number of hydrogen-bond donors (Lipinski definition) is 3. The average molecular weight is 556 g/mol. The van der Waals surface area contributed by atoms with E-state index in [0.29, 0.717) is 0 Å². The van der Waals surface area contributed by atoms with Gasteiger partial charge in [-0.05, 0) is 35.2 Å². The number of nitrogens with zero attached hydrogens (tertiary/aromatic N) is 1. The lowest BCUT2D eigenvalue weighted by atomic mass is 9.98. The van der Waals surface area contributed by atoms with Gasteiger partial charge in [0, 0.05) is 12.0 Å². The molecule has 3 aromatic carbocycles. The zero-order chi connectivity index (χ0) is 28.2. The Labute approximate surface area is 222 Å². The van der Waals surface area contributed by atoms with Gasteiger partial charge in [-0.15, -0.1) is 0 Å². The second-order valence-electron chi connectivity index (χ2n) is 8.69. The summed E-state index contributed by atoms with van der Waals surface area (Å²) < 4.78 is 27.5. The fraction of sp³-hybridized carbons (Fsp3) is 0.231. The molecule has 4 rings (SSSR count). The molecule has 0 spiro atoms. The smallest absolute Gasteiger partial charge is 0.472 e. The van der Waals surface area contributed by atoms with Crippen molar-refractivity contribution in [3.05, 3.63) is 99.6 Å². The number of para-hydroxylation sites is 1. The summed E-state index contributed by atoms with van der Waals surface area (Å²) in [7, 11) is -4.88. The molecular formula is C26H25N2O10P. The Morgan fingerprint density at radius 2 is 1.59 bits per heavy atom. The van der Waals surface area contributed by atoms with E-state index in [1.54, 1.807) is 0 Å². The summed E-state index contributed by atoms with van der Waals surface area (Å²) in [6.07, 6.45) is -2.30. The first-order chi connectivity index (χ1) is 18.6. The van der Waals surface area contributed by atoms with Crippen LogP contribution in [0.15, 0.2) is 72.8 Å². The Balaban J connectivity index is 1.35. The van der Waals surface area contributed by atoms with Gasteiger partial charge in [0.15, 0.2) is 6.04 Å². The Morgan fingerprint density at radius 1 is 1.03 bits per heavy atom. The summed E-state index contributed by atoms with van der Waals surface area (Å²) in [4.78, 5) is 44.7. The van der Waals surface area contributed by atoms with Crippen LogP contribution >= 0.6 is 7.82 Å². The van der Waals surface area contributed by atoms with E-state index in [2.05, 4.69) is 5.32 Å². The quantitative estimate of drug-likeness (QED) is 0.169. The molecule has 0 bridgehead atoms. The molecule has 1 aliphatic rings. The largest absolute Gasteiger partial charge is 0.480 e. The van der Waals surface area contributed by atoms with E-state index in [4.69, 9.17) is 13.8 Å². The Hall–Kier alpha value is -4.09. The second kappa shape index (κ2) is 11.7. The van der Waals surface area contributed by atoms with E-state index in [-0.39, 0.29) is 23.8 Å². The number of carboxylic acids is 1. The van der Waals surface area contributed by atoms with Crippen molar-refractivity contribution in [2.24, 2.45) is 0 Å². The van der Waals surface area contributed by atoms with E-state index in [1.807, 2.05) is 48.5 Å². The normalized spacial score (nSPS) is 15.3. The first kappa shape index (κ1) is 27.9. The maximum absolute atomic E-state index is 12.4. The molecule has 3 atom stereocenters. The van der Waals surface area contributed by atoms with Gasteiger partial charge in [-0.1, -0.05) is 60.7 Å². The molecule has 1 aliphatic carbocycles. The Bertz CT molecular complexity index is 1400. The number of amides is 1. The molecule has 1 amide bonds. The van der Waals surface area contributed by atoms with Gasteiger partial charge in [-0.25, -0.2) is 14.2 Å². The number of phosphoric acid groups is 1. The van der Waals surface area contributed by atoms with Crippen molar-refractivity contribution in [3.8, 4) is 11.1 Å². The number of aliphatic carboxylic acids is 1. The number of nitro benzene ring substituents is 1. The molecule has 39 heavy (non-hydrogen) atoms. The maximum Gasteiger partial charge on any atom is 0.472 e.